The predicted molar refractivity (Wildman–Crippen MR) is 108 cm³/mol. The number of ketones is 1. The molecule has 4 rings (SSSR count). The molecule has 29 heavy (non-hydrogen) atoms. The van der Waals surface area contributed by atoms with Crippen LogP contribution in [0, 0.1) is 29.1 Å². The molecule has 0 radical (unpaired) electrons. The summed E-state index contributed by atoms with van der Waals surface area (Å²) < 4.78 is 1.73. The van der Waals surface area contributed by atoms with E-state index in [-0.39, 0.29) is 34.4 Å². The van der Waals surface area contributed by atoms with Gasteiger partial charge in [0.25, 0.3) is 5.91 Å². The minimum absolute atomic E-state index is 0.00530. The zero-order chi connectivity index (χ0) is 20.8. The smallest absolute Gasteiger partial charge is 0.254 e. The van der Waals surface area contributed by atoms with E-state index in [0.717, 1.165) is 19.3 Å². The maximum atomic E-state index is 12.2. The van der Waals surface area contributed by atoms with Gasteiger partial charge in [-0.25, -0.2) is 0 Å². The summed E-state index contributed by atoms with van der Waals surface area (Å²) in [6.07, 6.45) is 7.15. The first kappa shape index (κ1) is 19.7. The van der Waals surface area contributed by atoms with Crippen LogP contribution in [-0.4, -0.2) is 27.4 Å². The van der Waals surface area contributed by atoms with Gasteiger partial charge in [-0.15, -0.1) is 5.92 Å². The Hall–Kier alpha value is -2.62. The number of carbonyl (C=O) groups is 3. The normalized spacial score (nSPS) is 27.7. The molecule has 1 heterocycles. The van der Waals surface area contributed by atoms with Gasteiger partial charge in [0.15, 0.2) is 5.82 Å². The Kier molecular flexibility index (Phi) is 4.76. The molecular formula is C22H28N4O3. The third-order valence-corrected chi connectivity index (χ3v) is 6.84. The first-order valence-electron chi connectivity index (χ1n) is 10.4. The standard InChI is InChI=1S/C22H28N4O3/c1-14-12-21(14,2)8-3-9-22(10-6-16(27)7-11-22)26-13-17(18(23)28)19(25-26)24-20(29)15-4-5-15/h13-15H,4-7,9-12H2,1-2H3,(H2,23,28)(H,24,25,29). The van der Waals surface area contributed by atoms with Gasteiger partial charge in [0.05, 0.1) is 5.54 Å². The number of carbonyl (C=O) groups excluding carboxylic acids is 3. The molecule has 3 fully saturated rings. The van der Waals surface area contributed by atoms with E-state index in [1.165, 1.54) is 0 Å². The average Bonchev–Trinajstić information content (AvgIpc) is 3.56. The Labute approximate surface area is 170 Å². The fraction of sp³-hybridized carbons (Fsp3) is 0.636. The van der Waals surface area contributed by atoms with Gasteiger partial charge in [0, 0.05) is 36.8 Å². The predicted octanol–water partition coefficient (Wildman–Crippen LogP) is 2.61. The second-order valence-electron chi connectivity index (χ2n) is 9.23. The van der Waals surface area contributed by atoms with Gasteiger partial charge in [0.1, 0.15) is 11.3 Å². The van der Waals surface area contributed by atoms with Crippen molar-refractivity contribution < 1.29 is 14.4 Å². The van der Waals surface area contributed by atoms with E-state index in [0.29, 0.717) is 38.0 Å². The molecule has 0 aromatic carbocycles. The van der Waals surface area contributed by atoms with Gasteiger partial charge in [-0.05, 0) is 44.9 Å². The lowest BCUT2D eigenvalue weighted by Gasteiger charge is -2.35. The molecule has 2 amide bonds. The van der Waals surface area contributed by atoms with Crippen molar-refractivity contribution in [1.82, 2.24) is 9.78 Å². The molecule has 0 spiro atoms. The van der Waals surface area contributed by atoms with Crippen molar-refractivity contribution >= 4 is 23.4 Å². The van der Waals surface area contributed by atoms with E-state index in [1.54, 1.807) is 10.9 Å². The first-order chi connectivity index (χ1) is 13.7. The highest BCUT2D eigenvalue weighted by Crippen LogP contribution is 2.51. The van der Waals surface area contributed by atoms with Crippen molar-refractivity contribution in [2.75, 3.05) is 5.32 Å². The van der Waals surface area contributed by atoms with Gasteiger partial charge in [-0.1, -0.05) is 12.8 Å². The highest BCUT2D eigenvalue weighted by atomic mass is 16.2. The number of nitrogens with one attached hydrogen (secondary N) is 1. The Bertz CT molecular complexity index is 924. The second kappa shape index (κ2) is 7.01. The molecule has 7 nitrogen and oxygen atoms in total. The van der Waals surface area contributed by atoms with E-state index < -0.39 is 11.4 Å². The fourth-order valence-corrected chi connectivity index (χ4v) is 4.10. The lowest BCUT2D eigenvalue weighted by Crippen LogP contribution is -2.38. The van der Waals surface area contributed by atoms with Crippen LogP contribution >= 0.6 is 0 Å². The van der Waals surface area contributed by atoms with E-state index >= 15 is 0 Å². The van der Waals surface area contributed by atoms with Crippen molar-refractivity contribution in [2.24, 2.45) is 23.0 Å². The van der Waals surface area contributed by atoms with Crippen molar-refractivity contribution in [3.8, 4) is 11.8 Å². The number of nitrogens with zero attached hydrogens (tertiary/aromatic N) is 2. The van der Waals surface area contributed by atoms with Gasteiger partial charge in [0.2, 0.25) is 5.91 Å². The molecular weight excluding hydrogens is 368 g/mol. The zero-order valence-corrected chi connectivity index (χ0v) is 17.1. The third-order valence-electron chi connectivity index (χ3n) is 6.84. The molecule has 3 saturated carbocycles. The molecule has 0 bridgehead atoms. The summed E-state index contributed by atoms with van der Waals surface area (Å²) in [6, 6.07) is 0. The highest BCUT2D eigenvalue weighted by molar-refractivity contribution is 6.02. The lowest BCUT2D eigenvalue weighted by atomic mass is 9.79. The van der Waals surface area contributed by atoms with Crippen molar-refractivity contribution in [3.05, 3.63) is 11.8 Å². The van der Waals surface area contributed by atoms with Gasteiger partial charge >= 0.3 is 0 Å². The topological polar surface area (TPSA) is 107 Å². The van der Waals surface area contributed by atoms with E-state index in [2.05, 4.69) is 36.1 Å². The Balaban J connectivity index is 1.63. The molecule has 2 unspecified atom stereocenters. The van der Waals surface area contributed by atoms with Crippen molar-refractivity contribution in [3.63, 3.8) is 0 Å². The molecule has 0 aliphatic heterocycles. The molecule has 3 N–H and O–H groups in total. The third kappa shape index (κ3) is 3.93. The molecule has 154 valence electrons. The zero-order valence-electron chi connectivity index (χ0n) is 17.1. The van der Waals surface area contributed by atoms with Gasteiger partial charge < -0.3 is 11.1 Å². The quantitative estimate of drug-likeness (QED) is 0.746. The monoisotopic (exact) mass is 396 g/mol. The van der Waals surface area contributed by atoms with Crippen LogP contribution < -0.4 is 11.1 Å². The van der Waals surface area contributed by atoms with Gasteiger partial charge in [-0.3, -0.25) is 19.1 Å². The number of nitrogens with two attached hydrogens (primary N) is 1. The minimum Gasteiger partial charge on any atom is -0.365 e. The molecule has 7 heteroatoms. The number of Topliss-reactive ketones (excluding diaryl/α,β-unsaturated/α-hetero) is 1. The maximum absolute atomic E-state index is 12.2. The van der Waals surface area contributed by atoms with Crippen molar-refractivity contribution in [1.29, 1.82) is 0 Å². The van der Waals surface area contributed by atoms with E-state index in [9.17, 15) is 14.4 Å². The summed E-state index contributed by atoms with van der Waals surface area (Å²) in [5, 5.41) is 7.31. The molecule has 3 aliphatic carbocycles. The van der Waals surface area contributed by atoms with Crippen molar-refractivity contribution in [2.45, 2.75) is 70.8 Å². The fourth-order valence-electron chi connectivity index (χ4n) is 4.10. The SMILES string of the molecule is CC1CC1(C)C#CCC1(n2cc(C(N)=O)c(NC(=O)C3CC3)n2)CCC(=O)CC1. The molecule has 1 aromatic rings. The van der Waals surface area contributed by atoms with Crippen LogP contribution in [-0.2, 0) is 15.1 Å². The molecule has 2 atom stereocenters. The number of anilines is 1. The first-order valence-corrected chi connectivity index (χ1v) is 10.4. The number of aromatic nitrogens is 2. The Morgan fingerprint density at radius 2 is 2.00 bits per heavy atom. The average molecular weight is 396 g/mol. The van der Waals surface area contributed by atoms with Crippen LogP contribution in [0.4, 0.5) is 5.82 Å². The summed E-state index contributed by atoms with van der Waals surface area (Å²) in [4.78, 5) is 36.0. The summed E-state index contributed by atoms with van der Waals surface area (Å²) in [6.45, 7) is 4.37. The highest BCUT2D eigenvalue weighted by Gasteiger charge is 2.45. The van der Waals surface area contributed by atoms with Crippen LogP contribution in [0.3, 0.4) is 0 Å². The van der Waals surface area contributed by atoms with Crippen LogP contribution in [0.25, 0.3) is 0 Å². The lowest BCUT2D eigenvalue weighted by molar-refractivity contribution is -0.122. The summed E-state index contributed by atoms with van der Waals surface area (Å²) in [5.41, 5.74) is 5.36. The van der Waals surface area contributed by atoms with Crippen LogP contribution in [0.5, 0.6) is 0 Å². The largest absolute Gasteiger partial charge is 0.365 e. The maximum Gasteiger partial charge on any atom is 0.254 e. The molecule has 0 saturated heterocycles. The molecule has 3 aliphatic rings. The second-order valence-corrected chi connectivity index (χ2v) is 9.23. The van der Waals surface area contributed by atoms with Crippen LogP contribution in [0.15, 0.2) is 6.20 Å². The van der Waals surface area contributed by atoms with E-state index in [1.807, 2.05) is 0 Å². The summed E-state index contributed by atoms with van der Waals surface area (Å²) in [5.74, 6) is 7.03. The van der Waals surface area contributed by atoms with Crippen LogP contribution in [0.2, 0.25) is 0 Å². The number of primary amides is 1. The minimum atomic E-state index is -0.630. The molecule has 1 aromatic heterocycles. The summed E-state index contributed by atoms with van der Waals surface area (Å²) >= 11 is 0. The Morgan fingerprint density at radius 1 is 1.34 bits per heavy atom. The number of hydrogen-bond donors (Lipinski definition) is 2. The summed E-state index contributed by atoms with van der Waals surface area (Å²) in [7, 11) is 0. The number of amides is 2. The van der Waals surface area contributed by atoms with Gasteiger partial charge in [-0.2, -0.15) is 5.10 Å². The number of hydrogen-bond acceptors (Lipinski definition) is 4. The van der Waals surface area contributed by atoms with E-state index in [4.69, 9.17) is 5.73 Å². The van der Waals surface area contributed by atoms with Crippen LogP contribution in [0.1, 0.15) is 75.6 Å². The Morgan fingerprint density at radius 3 is 2.55 bits per heavy atom. The number of rotatable bonds is 5.